The summed E-state index contributed by atoms with van der Waals surface area (Å²) in [6, 6.07) is 22.1. The van der Waals surface area contributed by atoms with E-state index in [0.717, 1.165) is 66.3 Å². The molecule has 1 fully saturated rings. The van der Waals surface area contributed by atoms with Crippen molar-refractivity contribution in [3.05, 3.63) is 89.2 Å². The third kappa shape index (κ3) is 4.51. The van der Waals surface area contributed by atoms with Crippen molar-refractivity contribution in [2.75, 3.05) is 38.5 Å². The Hall–Kier alpha value is -4.21. The van der Waals surface area contributed by atoms with E-state index in [0.29, 0.717) is 18.1 Å². The summed E-state index contributed by atoms with van der Waals surface area (Å²) in [6.07, 6.45) is 0. The largest absolute Gasteiger partial charge is 0.366 e. The molecule has 3 N–H and O–H groups in total. The highest BCUT2D eigenvalue weighted by atomic mass is 16.1. The lowest BCUT2D eigenvalue weighted by molar-refractivity contribution is 0.100. The summed E-state index contributed by atoms with van der Waals surface area (Å²) in [5, 5.41) is 9.38. The van der Waals surface area contributed by atoms with E-state index in [-0.39, 0.29) is 0 Å². The van der Waals surface area contributed by atoms with Crippen LogP contribution >= 0.6 is 0 Å². The van der Waals surface area contributed by atoms with E-state index < -0.39 is 5.91 Å². The maximum Gasteiger partial charge on any atom is 0.254 e. The van der Waals surface area contributed by atoms with Gasteiger partial charge in [0.05, 0.1) is 11.2 Å². The van der Waals surface area contributed by atoms with Gasteiger partial charge < -0.3 is 16.0 Å². The van der Waals surface area contributed by atoms with Crippen LogP contribution in [-0.2, 0) is 13.1 Å². The number of amides is 1. The van der Waals surface area contributed by atoms with Gasteiger partial charge in [0.15, 0.2) is 5.82 Å². The van der Waals surface area contributed by atoms with Gasteiger partial charge in [-0.2, -0.15) is 4.98 Å². The summed E-state index contributed by atoms with van der Waals surface area (Å²) < 4.78 is 4.01. The van der Waals surface area contributed by atoms with Gasteiger partial charge in [0.25, 0.3) is 5.95 Å². The number of aryl methyl sites for hydroxylation is 1. The van der Waals surface area contributed by atoms with E-state index >= 15 is 0 Å². The van der Waals surface area contributed by atoms with Crippen molar-refractivity contribution in [2.24, 2.45) is 5.73 Å². The molecule has 5 aromatic rings. The number of nitrogens with two attached hydrogens (primary N) is 1. The lowest BCUT2D eigenvalue weighted by Crippen LogP contribution is -2.44. The van der Waals surface area contributed by atoms with Crippen LogP contribution in [0.3, 0.4) is 0 Å². The minimum atomic E-state index is -0.450. The zero-order valence-corrected chi connectivity index (χ0v) is 21.8. The second kappa shape index (κ2) is 9.92. The average molecular weight is 509 g/mol. The first kappa shape index (κ1) is 24.1. The fourth-order valence-corrected chi connectivity index (χ4v) is 5.24. The van der Waals surface area contributed by atoms with Gasteiger partial charge in [-0.1, -0.05) is 36.4 Å². The normalized spacial score (nSPS) is 14.9. The summed E-state index contributed by atoms with van der Waals surface area (Å²) in [6.45, 7) is 7.62. The van der Waals surface area contributed by atoms with E-state index in [4.69, 9.17) is 15.8 Å². The lowest BCUT2D eigenvalue weighted by Gasteiger charge is -2.32. The molecule has 1 aliphatic rings. The van der Waals surface area contributed by atoms with E-state index in [1.807, 2.05) is 52.4 Å². The topological polar surface area (TPSA) is 96.7 Å². The monoisotopic (exact) mass is 508 g/mol. The number of nitrogens with zero attached hydrogens (tertiary/aromatic N) is 6. The molecular weight excluding hydrogens is 476 g/mol. The highest BCUT2D eigenvalue weighted by Crippen LogP contribution is 2.27. The third-order valence-electron chi connectivity index (χ3n) is 7.36. The standard InChI is InChI=1S/C29H32N8O/c1-20-17-24-23(27(30)38)9-6-10-25(24)36(20)29-32-28(31-18-21-7-4-3-5-8-21)26-12-11-22(37(26)33-29)19-35-15-13-34(2)14-16-35/h3-12,17H,13-16,18-19H2,1-2H3,(H2,30,38)(H,31,32,33). The molecule has 1 aliphatic heterocycles. The number of hydrogen-bond donors (Lipinski definition) is 2. The number of rotatable bonds is 7. The first-order chi connectivity index (χ1) is 18.5. The molecule has 0 bridgehead atoms. The van der Waals surface area contributed by atoms with Gasteiger partial charge in [-0.25, -0.2) is 4.52 Å². The van der Waals surface area contributed by atoms with E-state index in [2.05, 4.69) is 46.4 Å². The molecule has 0 atom stereocenters. The van der Waals surface area contributed by atoms with Crippen LogP contribution in [0.25, 0.3) is 22.4 Å². The van der Waals surface area contributed by atoms with E-state index in [1.165, 1.54) is 5.56 Å². The molecule has 9 heteroatoms. The lowest BCUT2D eigenvalue weighted by atomic mass is 10.1. The van der Waals surface area contributed by atoms with Gasteiger partial charge in [-0.05, 0) is 49.9 Å². The van der Waals surface area contributed by atoms with Crippen LogP contribution in [0.1, 0.15) is 27.3 Å². The van der Waals surface area contributed by atoms with Crippen LogP contribution < -0.4 is 11.1 Å². The fraction of sp³-hybridized carbons (Fsp3) is 0.276. The summed E-state index contributed by atoms with van der Waals surface area (Å²) in [5.41, 5.74) is 11.2. The van der Waals surface area contributed by atoms with Crippen molar-refractivity contribution in [3.8, 4) is 5.95 Å². The third-order valence-corrected chi connectivity index (χ3v) is 7.36. The fourth-order valence-electron chi connectivity index (χ4n) is 5.24. The zero-order chi connectivity index (χ0) is 26.2. The zero-order valence-electron chi connectivity index (χ0n) is 21.8. The van der Waals surface area contributed by atoms with Gasteiger partial charge in [0.1, 0.15) is 5.52 Å². The molecule has 4 heterocycles. The van der Waals surface area contributed by atoms with Gasteiger partial charge in [0.2, 0.25) is 5.91 Å². The van der Waals surface area contributed by atoms with Crippen molar-refractivity contribution < 1.29 is 4.79 Å². The number of carbonyl (C=O) groups excluding carboxylic acids is 1. The minimum Gasteiger partial charge on any atom is -0.366 e. The number of likely N-dealkylation sites (N-methyl/N-ethyl adjacent to an activating group) is 1. The molecule has 0 spiro atoms. The Morgan fingerprint density at radius 2 is 1.76 bits per heavy atom. The molecule has 1 amide bonds. The number of hydrogen-bond acceptors (Lipinski definition) is 6. The van der Waals surface area contributed by atoms with Crippen LogP contribution in [0.15, 0.2) is 66.7 Å². The Bertz CT molecular complexity index is 1610. The Morgan fingerprint density at radius 3 is 2.53 bits per heavy atom. The van der Waals surface area contributed by atoms with Crippen molar-refractivity contribution in [1.82, 2.24) is 29.0 Å². The highest BCUT2D eigenvalue weighted by molar-refractivity contribution is 6.06. The van der Waals surface area contributed by atoms with Gasteiger partial charge in [-0.15, -0.1) is 5.10 Å². The maximum atomic E-state index is 12.1. The first-order valence-electron chi connectivity index (χ1n) is 13.0. The Labute approximate surface area is 221 Å². The van der Waals surface area contributed by atoms with Gasteiger partial charge in [0, 0.05) is 55.9 Å². The highest BCUT2D eigenvalue weighted by Gasteiger charge is 2.20. The molecule has 0 unspecified atom stereocenters. The van der Waals surface area contributed by atoms with E-state index in [9.17, 15) is 4.79 Å². The first-order valence-corrected chi connectivity index (χ1v) is 13.0. The van der Waals surface area contributed by atoms with Crippen molar-refractivity contribution >= 4 is 28.1 Å². The molecule has 0 saturated carbocycles. The molecule has 9 nitrogen and oxygen atoms in total. The Kier molecular flexibility index (Phi) is 6.30. The number of carbonyl (C=O) groups is 1. The summed E-state index contributed by atoms with van der Waals surface area (Å²) in [4.78, 5) is 21.9. The summed E-state index contributed by atoms with van der Waals surface area (Å²) in [7, 11) is 2.17. The molecule has 6 rings (SSSR count). The molecule has 0 radical (unpaired) electrons. The SMILES string of the molecule is Cc1cc2c(C(N)=O)cccc2n1-c1nc(NCc2ccccc2)c2ccc(CN3CCN(C)CC3)n2n1. The van der Waals surface area contributed by atoms with Crippen molar-refractivity contribution in [3.63, 3.8) is 0 Å². The molecule has 1 saturated heterocycles. The van der Waals surface area contributed by atoms with Gasteiger partial charge >= 0.3 is 0 Å². The number of fused-ring (bicyclic) bond motifs is 2. The van der Waals surface area contributed by atoms with Crippen LogP contribution in [0.5, 0.6) is 0 Å². The van der Waals surface area contributed by atoms with E-state index in [1.54, 1.807) is 6.07 Å². The number of anilines is 1. The van der Waals surface area contributed by atoms with Crippen LogP contribution in [0.4, 0.5) is 5.82 Å². The van der Waals surface area contributed by atoms with Crippen LogP contribution in [0.2, 0.25) is 0 Å². The number of benzene rings is 2. The number of nitrogens with one attached hydrogen (secondary N) is 1. The minimum absolute atomic E-state index is 0.450. The summed E-state index contributed by atoms with van der Waals surface area (Å²) >= 11 is 0. The molecule has 38 heavy (non-hydrogen) atoms. The predicted octanol–water partition coefficient (Wildman–Crippen LogP) is 3.44. The molecule has 2 aromatic carbocycles. The van der Waals surface area contributed by atoms with Crippen molar-refractivity contribution in [2.45, 2.75) is 20.0 Å². The number of aromatic nitrogens is 4. The number of piperazine rings is 1. The Morgan fingerprint density at radius 1 is 0.974 bits per heavy atom. The smallest absolute Gasteiger partial charge is 0.254 e. The maximum absolute atomic E-state index is 12.1. The van der Waals surface area contributed by atoms with Gasteiger partial charge in [-0.3, -0.25) is 14.3 Å². The molecule has 194 valence electrons. The molecule has 0 aliphatic carbocycles. The predicted molar refractivity (Wildman–Crippen MR) is 150 cm³/mol. The summed E-state index contributed by atoms with van der Waals surface area (Å²) in [5.74, 6) is 0.850. The molecule has 3 aromatic heterocycles. The van der Waals surface area contributed by atoms with Crippen molar-refractivity contribution in [1.29, 1.82) is 0 Å². The number of primary amides is 1. The molecular formula is C29H32N8O. The Balaban J connectivity index is 1.46. The van der Waals surface area contributed by atoms with Crippen LogP contribution in [-0.4, -0.2) is 68.1 Å². The second-order valence-electron chi connectivity index (χ2n) is 10.0. The van der Waals surface area contributed by atoms with Crippen LogP contribution in [0, 0.1) is 6.92 Å². The quantitative estimate of drug-likeness (QED) is 0.350. The average Bonchev–Trinajstić information content (AvgIpc) is 3.48. The second-order valence-corrected chi connectivity index (χ2v) is 10.0.